The zero-order valence-electron chi connectivity index (χ0n) is 14.8. The van der Waals surface area contributed by atoms with Gasteiger partial charge in [-0.3, -0.25) is 0 Å². The van der Waals surface area contributed by atoms with E-state index in [-0.39, 0.29) is 0 Å². The van der Waals surface area contributed by atoms with Crippen LogP contribution in [0.25, 0.3) is 11.1 Å². The highest BCUT2D eigenvalue weighted by Crippen LogP contribution is 2.45. The van der Waals surface area contributed by atoms with Crippen molar-refractivity contribution in [2.24, 2.45) is 0 Å². The number of ether oxygens (including phenoxy) is 3. The number of hydrogen-bond donors (Lipinski definition) is 1. The molecule has 0 spiro atoms. The Balaban J connectivity index is 2.13. The Kier molecular flexibility index (Phi) is 4.95. The Morgan fingerprint density at radius 1 is 0.958 bits per heavy atom. The fraction of sp³-hybridized carbons (Fsp3) is 0.400. The number of hydrogen-bond acceptors (Lipinski definition) is 4. The highest BCUT2D eigenvalue weighted by Gasteiger charge is 2.21. The van der Waals surface area contributed by atoms with E-state index >= 15 is 0 Å². The van der Waals surface area contributed by atoms with Crippen molar-refractivity contribution in [1.29, 1.82) is 0 Å². The van der Waals surface area contributed by atoms with Crippen LogP contribution >= 0.6 is 0 Å². The van der Waals surface area contributed by atoms with Crippen molar-refractivity contribution >= 4 is 0 Å². The zero-order chi connectivity index (χ0) is 17.1. The lowest BCUT2D eigenvalue weighted by molar-refractivity contribution is 0.325. The molecule has 1 atom stereocenters. The molecule has 24 heavy (non-hydrogen) atoms. The standard InChI is InChI=1S/C20H25NO3/c1-21-17-7-5-6-13-8-9-14(12-16(13)17)15-10-11-18(22-2)20(24-4)19(15)23-3/h8-12,17,21H,5-7H2,1-4H3. The normalized spacial score (nSPS) is 16.4. The second kappa shape index (κ2) is 7.14. The van der Waals surface area contributed by atoms with Gasteiger partial charge in [-0.2, -0.15) is 0 Å². The van der Waals surface area contributed by atoms with Gasteiger partial charge in [-0.25, -0.2) is 0 Å². The molecule has 0 fully saturated rings. The van der Waals surface area contributed by atoms with Gasteiger partial charge in [0.25, 0.3) is 0 Å². The summed E-state index contributed by atoms with van der Waals surface area (Å²) in [5, 5.41) is 3.43. The van der Waals surface area contributed by atoms with E-state index in [0.29, 0.717) is 23.3 Å². The topological polar surface area (TPSA) is 39.7 Å². The molecule has 4 heteroatoms. The second-order valence-corrected chi connectivity index (χ2v) is 6.03. The van der Waals surface area contributed by atoms with Crippen molar-refractivity contribution in [2.45, 2.75) is 25.3 Å². The lowest BCUT2D eigenvalue weighted by Crippen LogP contribution is -2.21. The van der Waals surface area contributed by atoms with Gasteiger partial charge >= 0.3 is 0 Å². The summed E-state index contributed by atoms with van der Waals surface area (Å²) in [5.74, 6) is 2.00. The van der Waals surface area contributed by atoms with Gasteiger partial charge in [-0.15, -0.1) is 0 Å². The Labute approximate surface area is 143 Å². The molecule has 0 aromatic heterocycles. The molecule has 1 unspecified atom stereocenters. The van der Waals surface area contributed by atoms with Crippen molar-refractivity contribution in [1.82, 2.24) is 5.32 Å². The van der Waals surface area contributed by atoms with Crippen molar-refractivity contribution in [3.05, 3.63) is 41.5 Å². The average molecular weight is 327 g/mol. The molecule has 0 radical (unpaired) electrons. The van der Waals surface area contributed by atoms with Crippen LogP contribution in [0.5, 0.6) is 17.2 Å². The van der Waals surface area contributed by atoms with Crippen LogP contribution in [0.4, 0.5) is 0 Å². The van der Waals surface area contributed by atoms with Gasteiger partial charge in [-0.1, -0.05) is 12.1 Å². The minimum atomic E-state index is 0.417. The van der Waals surface area contributed by atoms with Crippen LogP contribution in [-0.2, 0) is 6.42 Å². The van der Waals surface area contributed by atoms with E-state index in [0.717, 1.165) is 17.5 Å². The first-order valence-electron chi connectivity index (χ1n) is 8.32. The number of nitrogens with one attached hydrogen (secondary N) is 1. The van der Waals surface area contributed by atoms with E-state index in [9.17, 15) is 0 Å². The van der Waals surface area contributed by atoms with E-state index in [1.54, 1.807) is 21.3 Å². The predicted molar refractivity (Wildman–Crippen MR) is 96.3 cm³/mol. The van der Waals surface area contributed by atoms with Crippen LogP contribution in [0.3, 0.4) is 0 Å². The molecule has 1 N–H and O–H groups in total. The predicted octanol–water partition coefficient (Wildman–Crippen LogP) is 3.98. The summed E-state index contributed by atoms with van der Waals surface area (Å²) in [4.78, 5) is 0. The van der Waals surface area contributed by atoms with Crippen molar-refractivity contribution in [3.8, 4) is 28.4 Å². The van der Waals surface area contributed by atoms with E-state index < -0.39 is 0 Å². The highest BCUT2D eigenvalue weighted by molar-refractivity contribution is 5.77. The van der Waals surface area contributed by atoms with Crippen LogP contribution in [0.1, 0.15) is 30.0 Å². The molecule has 2 aromatic carbocycles. The third kappa shape index (κ3) is 2.82. The summed E-state index contributed by atoms with van der Waals surface area (Å²) in [6, 6.07) is 11.1. The zero-order valence-corrected chi connectivity index (χ0v) is 14.8. The Morgan fingerprint density at radius 3 is 2.42 bits per heavy atom. The monoisotopic (exact) mass is 327 g/mol. The van der Waals surface area contributed by atoms with Gasteiger partial charge in [0.1, 0.15) is 0 Å². The molecule has 0 amide bonds. The maximum Gasteiger partial charge on any atom is 0.203 e. The van der Waals surface area contributed by atoms with Crippen molar-refractivity contribution in [3.63, 3.8) is 0 Å². The van der Waals surface area contributed by atoms with E-state index in [2.05, 4.69) is 23.5 Å². The van der Waals surface area contributed by atoms with E-state index in [1.807, 2.05) is 19.2 Å². The summed E-state index contributed by atoms with van der Waals surface area (Å²) in [5.41, 5.74) is 4.97. The first kappa shape index (κ1) is 16.7. The minimum Gasteiger partial charge on any atom is -0.493 e. The first-order chi connectivity index (χ1) is 11.7. The summed E-state index contributed by atoms with van der Waals surface area (Å²) >= 11 is 0. The fourth-order valence-electron chi connectivity index (χ4n) is 3.60. The highest BCUT2D eigenvalue weighted by atomic mass is 16.5. The smallest absolute Gasteiger partial charge is 0.203 e. The number of rotatable bonds is 5. The molecule has 0 saturated carbocycles. The molecule has 0 saturated heterocycles. The van der Waals surface area contributed by atoms with Crippen LogP contribution in [-0.4, -0.2) is 28.4 Å². The summed E-state index contributed by atoms with van der Waals surface area (Å²) in [7, 11) is 6.96. The van der Waals surface area contributed by atoms with Crippen LogP contribution in [0.2, 0.25) is 0 Å². The largest absolute Gasteiger partial charge is 0.493 e. The van der Waals surface area contributed by atoms with Gasteiger partial charge in [0.2, 0.25) is 5.75 Å². The van der Waals surface area contributed by atoms with Crippen molar-refractivity contribution in [2.75, 3.05) is 28.4 Å². The third-order valence-corrected chi connectivity index (χ3v) is 4.82. The molecule has 1 aliphatic rings. The van der Waals surface area contributed by atoms with E-state index in [1.165, 1.54) is 24.0 Å². The van der Waals surface area contributed by atoms with Gasteiger partial charge in [0, 0.05) is 11.6 Å². The number of fused-ring (bicyclic) bond motifs is 1. The molecule has 0 heterocycles. The lowest BCUT2D eigenvalue weighted by Gasteiger charge is -2.26. The number of benzene rings is 2. The minimum absolute atomic E-state index is 0.417. The summed E-state index contributed by atoms with van der Waals surface area (Å²) in [6.45, 7) is 0. The van der Waals surface area contributed by atoms with E-state index in [4.69, 9.17) is 14.2 Å². The average Bonchev–Trinajstić information content (AvgIpc) is 2.65. The number of aryl methyl sites for hydroxylation is 1. The SMILES string of the molecule is CNC1CCCc2ccc(-c3ccc(OC)c(OC)c3OC)cc21. The molecule has 128 valence electrons. The molecule has 0 aliphatic heterocycles. The molecular weight excluding hydrogens is 302 g/mol. The van der Waals surface area contributed by atoms with Gasteiger partial charge < -0.3 is 19.5 Å². The molecule has 4 nitrogen and oxygen atoms in total. The molecular formula is C20H25NO3. The Hall–Kier alpha value is -2.20. The van der Waals surface area contributed by atoms with Gasteiger partial charge in [0.15, 0.2) is 11.5 Å². The molecule has 3 rings (SSSR count). The molecule has 0 bridgehead atoms. The fourth-order valence-corrected chi connectivity index (χ4v) is 3.60. The number of methoxy groups -OCH3 is 3. The maximum absolute atomic E-state index is 5.64. The third-order valence-electron chi connectivity index (χ3n) is 4.82. The van der Waals surface area contributed by atoms with Gasteiger partial charge in [0.05, 0.1) is 21.3 Å². The quantitative estimate of drug-likeness (QED) is 0.902. The Morgan fingerprint density at radius 2 is 1.75 bits per heavy atom. The molecule has 2 aromatic rings. The maximum atomic E-state index is 5.64. The summed E-state index contributed by atoms with van der Waals surface area (Å²) in [6.07, 6.45) is 3.56. The second-order valence-electron chi connectivity index (χ2n) is 6.03. The lowest BCUT2D eigenvalue weighted by atomic mass is 9.85. The van der Waals surface area contributed by atoms with Crippen molar-refractivity contribution < 1.29 is 14.2 Å². The first-order valence-corrected chi connectivity index (χ1v) is 8.32. The van der Waals surface area contributed by atoms with Crippen LogP contribution < -0.4 is 19.5 Å². The molecule has 1 aliphatic carbocycles. The summed E-state index contributed by atoms with van der Waals surface area (Å²) < 4.78 is 16.5. The Bertz CT molecular complexity index is 727. The van der Waals surface area contributed by atoms with Crippen LogP contribution in [0, 0.1) is 0 Å². The van der Waals surface area contributed by atoms with Gasteiger partial charge in [-0.05, 0) is 61.2 Å². The van der Waals surface area contributed by atoms with Crippen LogP contribution in [0.15, 0.2) is 30.3 Å².